The number of halogens is 2. The monoisotopic (exact) mass is 386 g/mol. The molecule has 0 unspecified atom stereocenters. The van der Waals surface area contributed by atoms with Gasteiger partial charge in [0.1, 0.15) is 11.5 Å². The first-order valence-corrected chi connectivity index (χ1v) is 8.52. The Hall–Kier alpha value is -2.99. The molecule has 27 heavy (non-hydrogen) atoms. The summed E-state index contributed by atoms with van der Waals surface area (Å²) in [5, 5.41) is 0.344. The smallest absolute Gasteiger partial charge is 0.357 e. The van der Waals surface area contributed by atoms with E-state index in [9.17, 15) is 14.0 Å². The number of Topliss-reactive ketones (excluding diaryl/α,β-unsaturated/α-hetero) is 1. The number of pyridine rings is 1. The van der Waals surface area contributed by atoms with Gasteiger partial charge in [-0.25, -0.2) is 14.2 Å². The van der Waals surface area contributed by atoms with Crippen LogP contribution in [0.2, 0.25) is 5.02 Å². The van der Waals surface area contributed by atoms with Gasteiger partial charge in [-0.3, -0.25) is 4.79 Å². The Kier molecular flexibility index (Phi) is 5.37. The summed E-state index contributed by atoms with van der Waals surface area (Å²) >= 11 is 5.81. The molecule has 0 aliphatic heterocycles. The highest BCUT2D eigenvalue weighted by molar-refractivity contribution is 6.30. The molecule has 7 heteroatoms. The van der Waals surface area contributed by atoms with E-state index >= 15 is 0 Å². The summed E-state index contributed by atoms with van der Waals surface area (Å²) < 4.78 is 20.8. The zero-order chi connectivity index (χ0) is 19.6. The van der Waals surface area contributed by atoms with E-state index in [-0.39, 0.29) is 11.5 Å². The van der Waals surface area contributed by atoms with E-state index in [2.05, 4.69) is 4.98 Å². The van der Waals surface area contributed by atoms with Crippen LogP contribution in [0, 0.1) is 19.7 Å². The van der Waals surface area contributed by atoms with Crippen LogP contribution in [0.4, 0.5) is 4.39 Å². The summed E-state index contributed by atoms with van der Waals surface area (Å²) in [6.45, 7) is 3.04. The van der Waals surface area contributed by atoms with Gasteiger partial charge in [-0.05, 0) is 44.2 Å². The number of carbonyl (C=O) groups is 2. The predicted octanol–water partition coefficient (Wildman–Crippen LogP) is 4.32. The van der Waals surface area contributed by atoms with Gasteiger partial charge in [-0.2, -0.15) is 0 Å². The zero-order valence-corrected chi connectivity index (χ0v) is 15.5. The topological polar surface area (TPSA) is 61.2 Å². The fraction of sp³-hybridized carbons (Fsp3) is 0.150. The summed E-state index contributed by atoms with van der Waals surface area (Å²) in [5.74, 6) is -1.52. The van der Waals surface area contributed by atoms with Crippen molar-refractivity contribution in [3.8, 4) is 5.69 Å². The Morgan fingerprint density at radius 3 is 2.63 bits per heavy atom. The van der Waals surface area contributed by atoms with Crippen LogP contribution in [0.25, 0.3) is 5.69 Å². The number of aryl methyl sites for hydroxylation is 1. The normalized spacial score (nSPS) is 10.7. The highest BCUT2D eigenvalue weighted by atomic mass is 35.5. The maximum absolute atomic E-state index is 14.1. The van der Waals surface area contributed by atoms with E-state index in [1.54, 1.807) is 42.7 Å². The second-order valence-corrected chi connectivity index (χ2v) is 6.37. The third-order valence-electron chi connectivity index (χ3n) is 4.09. The molecule has 0 aliphatic rings. The van der Waals surface area contributed by atoms with E-state index < -0.39 is 18.4 Å². The highest BCUT2D eigenvalue weighted by Crippen LogP contribution is 2.23. The third kappa shape index (κ3) is 3.90. The van der Waals surface area contributed by atoms with Crippen LogP contribution in [-0.4, -0.2) is 27.9 Å². The minimum Gasteiger partial charge on any atom is -0.453 e. The summed E-state index contributed by atoms with van der Waals surface area (Å²) in [7, 11) is 0. The number of para-hydroxylation sites is 1. The van der Waals surface area contributed by atoms with Crippen LogP contribution < -0.4 is 0 Å². The molecule has 2 aromatic heterocycles. The SMILES string of the molecule is Cc1cc(C(=O)COC(=O)c2cc(Cl)ccn2)c(C)n1-c1ccccc1F. The van der Waals surface area contributed by atoms with Crippen molar-refractivity contribution >= 4 is 23.4 Å². The van der Waals surface area contributed by atoms with Gasteiger partial charge in [0.15, 0.2) is 6.61 Å². The molecule has 0 spiro atoms. The van der Waals surface area contributed by atoms with Crippen molar-refractivity contribution in [3.05, 3.63) is 82.1 Å². The van der Waals surface area contributed by atoms with Gasteiger partial charge in [0.2, 0.25) is 5.78 Å². The van der Waals surface area contributed by atoms with Gasteiger partial charge in [0.05, 0.1) is 5.69 Å². The van der Waals surface area contributed by atoms with Crippen molar-refractivity contribution in [1.29, 1.82) is 0 Å². The van der Waals surface area contributed by atoms with E-state index in [1.165, 1.54) is 24.4 Å². The second kappa shape index (κ2) is 7.72. The first kappa shape index (κ1) is 18.8. The van der Waals surface area contributed by atoms with Crippen LogP contribution in [0.1, 0.15) is 32.2 Å². The summed E-state index contributed by atoms with van der Waals surface area (Å²) in [6, 6.07) is 10.8. The van der Waals surface area contributed by atoms with Gasteiger partial charge in [-0.15, -0.1) is 0 Å². The number of benzene rings is 1. The molecule has 0 amide bonds. The number of aromatic nitrogens is 2. The van der Waals surface area contributed by atoms with Crippen molar-refractivity contribution in [2.75, 3.05) is 6.61 Å². The lowest BCUT2D eigenvalue weighted by atomic mass is 10.1. The van der Waals surface area contributed by atoms with Crippen LogP contribution in [-0.2, 0) is 4.74 Å². The number of hydrogen-bond donors (Lipinski definition) is 0. The van der Waals surface area contributed by atoms with Crippen LogP contribution in [0.15, 0.2) is 48.7 Å². The number of hydrogen-bond acceptors (Lipinski definition) is 4. The molecule has 138 valence electrons. The summed E-state index contributed by atoms with van der Waals surface area (Å²) in [4.78, 5) is 28.4. The average Bonchev–Trinajstić information content (AvgIpc) is 2.94. The third-order valence-corrected chi connectivity index (χ3v) is 4.33. The van der Waals surface area contributed by atoms with E-state index in [4.69, 9.17) is 16.3 Å². The van der Waals surface area contributed by atoms with Crippen molar-refractivity contribution in [3.63, 3.8) is 0 Å². The molecule has 2 heterocycles. The molecule has 0 N–H and O–H groups in total. The predicted molar refractivity (Wildman–Crippen MR) is 99.1 cm³/mol. The number of esters is 1. The molecular weight excluding hydrogens is 371 g/mol. The lowest BCUT2D eigenvalue weighted by Crippen LogP contribution is -2.16. The lowest BCUT2D eigenvalue weighted by molar-refractivity contribution is 0.0468. The molecule has 5 nitrogen and oxygen atoms in total. The molecule has 3 aromatic rings. The van der Waals surface area contributed by atoms with Gasteiger partial charge in [-0.1, -0.05) is 23.7 Å². The first-order chi connectivity index (χ1) is 12.9. The highest BCUT2D eigenvalue weighted by Gasteiger charge is 2.20. The number of ether oxygens (including phenoxy) is 1. The molecule has 0 saturated carbocycles. The quantitative estimate of drug-likeness (QED) is 0.484. The second-order valence-electron chi connectivity index (χ2n) is 5.93. The van der Waals surface area contributed by atoms with Crippen LogP contribution in [0.5, 0.6) is 0 Å². The van der Waals surface area contributed by atoms with Crippen LogP contribution >= 0.6 is 11.6 Å². The Morgan fingerprint density at radius 2 is 1.93 bits per heavy atom. The van der Waals surface area contributed by atoms with Gasteiger partial charge in [0.25, 0.3) is 0 Å². The van der Waals surface area contributed by atoms with Gasteiger partial charge in [0, 0.05) is 28.2 Å². The largest absolute Gasteiger partial charge is 0.453 e. The molecule has 0 saturated heterocycles. The molecule has 1 aromatic carbocycles. The maximum atomic E-state index is 14.1. The van der Waals surface area contributed by atoms with Gasteiger partial charge < -0.3 is 9.30 Å². The molecule has 0 fully saturated rings. The molecule has 0 bridgehead atoms. The van der Waals surface area contributed by atoms with Crippen molar-refractivity contribution in [2.45, 2.75) is 13.8 Å². The van der Waals surface area contributed by atoms with Crippen molar-refractivity contribution in [1.82, 2.24) is 9.55 Å². The number of rotatable bonds is 5. The first-order valence-electron chi connectivity index (χ1n) is 8.14. The fourth-order valence-corrected chi connectivity index (χ4v) is 3.01. The Bertz CT molecular complexity index is 1030. The molecule has 3 rings (SSSR count). The number of ketones is 1. The number of nitrogens with zero attached hydrogens (tertiary/aromatic N) is 2. The molecular formula is C20H16ClFN2O3. The van der Waals surface area contributed by atoms with E-state index in [0.29, 0.717) is 27.7 Å². The Balaban J connectivity index is 1.79. The maximum Gasteiger partial charge on any atom is 0.357 e. The Morgan fingerprint density at radius 1 is 1.19 bits per heavy atom. The van der Waals surface area contributed by atoms with E-state index in [0.717, 1.165) is 0 Å². The summed E-state index contributed by atoms with van der Waals surface area (Å²) in [6.07, 6.45) is 1.38. The van der Waals surface area contributed by atoms with Crippen LogP contribution in [0.3, 0.4) is 0 Å². The Labute approximate surface area is 160 Å². The lowest BCUT2D eigenvalue weighted by Gasteiger charge is -2.10. The minimum absolute atomic E-state index is 0.0205. The standard InChI is InChI=1S/C20H16ClFN2O3/c1-12-9-15(13(2)24(12)18-6-4-3-5-16(18)22)19(25)11-27-20(26)17-10-14(21)7-8-23-17/h3-10H,11H2,1-2H3. The van der Waals surface area contributed by atoms with Crippen molar-refractivity contribution < 1.29 is 18.7 Å². The average molecular weight is 387 g/mol. The molecule has 0 radical (unpaired) electrons. The minimum atomic E-state index is -0.742. The zero-order valence-electron chi connectivity index (χ0n) is 14.7. The van der Waals surface area contributed by atoms with Gasteiger partial charge >= 0.3 is 5.97 Å². The van der Waals surface area contributed by atoms with E-state index in [1.807, 2.05) is 0 Å². The fourth-order valence-electron chi connectivity index (χ4n) is 2.85. The summed E-state index contributed by atoms with van der Waals surface area (Å²) in [5.41, 5.74) is 2.00. The molecule has 0 aliphatic carbocycles. The van der Waals surface area contributed by atoms with Crippen molar-refractivity contribution in [2.24, 2.45) is 0 Å². The number of carbonyl (C=O) groups excluding carboxylic acids is 2. The molecule has 0 atom stereocenters.